The molecule has 3 rings (SSSR count). The average molecular weight is 375 g/mol. The number of amides is 1. The zero-order valence-electron chi connectivity index (χ0n) is 12.8. The summed E-state index contributed by atoms with van der Waals surface area (Å²) < 4.78 is 6.52. The van der Waals surface area contributed by atoms with Gasteiger partial charge in [-0.05, 0) is 30.3 Å². The van der Waals surface area contributed by atoms with Crippen molar-refractivity contribution in [3.8, 4) is 5.75 Å². The first-order chi connectivity index (χ1) is 11.2. The molecule has 1 aliphatic rings. The predicted molar refractivity (Wildman–Crippen MR) is 94.9 cm³/mol. The second-order valence-corrected chi connectivity index (χ2v) is 6.37. The highest BCUT2D eigenvalue weighted by Gasteiger charge is 2.21. The Hall–Kier alpha value is -2.01. The van der Waals surface area contributed by atoms with Crippen LogP contribution >= 0.6 is 15.9 Å². The maximum atomic E-state index is 12.3. The van der Waals surface area contributed by atoms with Crippen LogP contribution in [0.25, 0.3) is 0 Å². The number of halogens is 1. The predicted octanol–water partition coefficient (Wildman–Crippen LogP) is 3.18. The fraction of sp³-hybridized carbons (Fsp3) is 0.278. The minimum Gasteiger partial charge on any atom is -0.484 e. The van der Waals surface area contributed by atoms with Crippen molar-refractivity contribution in [3.05, 3.63) is 59.1 Å². The Morgan fingerprint density at radius 2 is 1.74 bits per heavy atom. The van der Waals surface area contributed by atoms with Crippen molar-refractivity contribution in [2.75, 3.05) is 37.7 Å². The number of nitrogens with zero attached hydrogens (tertiary/aromatic N) is 2. The van der Waals surface area contributed by atoms with Crippen LogP contribution in [0.3, 0.4) is 0 Å². The van der Waals surface area contributed by atoms with Crippen LogP contribution in [0.1, 0.15) is 0 Å². The first-order valence-electron chi connectivity index (χ1n) is 7.68. The molecular weight excluding hydrogens is 356 g/mol. The van der Waals surface area contributed by atoms with E-state index in [4.69, 9.17) is 4.74 Å². The summed E-state index contributed by atoms with van der Waals surface area (Å²) in [5.74, 6) is 0.744. The van der Waals surface area contributed by atoms with Gasteiger partial charge in [0.25, 0.3) is 5.91 Å². The van der Waals surface area contributed by atoms with Crippen LogP contribution in [-0.2, 0) is 4.79 Å². The second kappa shape index (κ2) is 7.51. The third kappa shape index (κ3) is 4.26. The van der Waals surface area contributed by atoms with Crippen molar-refractivity contribution in [3.63, 3.8) is 0 Å². The SMILES string of the molecule is O=C(COc1cccc(Br)c1)N1CCN(c2ccccc2)CC1. The van der Waals surface area contributed by atoms with Crippen LogP contribution in [0.2, 0.25) is 0 Å². The lowest BCUT2D eigenvalue weighted by Gasteiger charge is -2.36. The van der Waals surface area contributed by atoms with Crippen molar-refractivity contribution < 1.29 is 9.53 Å². The maximum absolute atomic E-state index is 12.3. The Kier molecular flexibility index (Phi) is 5.18. The number of benzene rings is 2. The van der Waals surface area contributed by atoms with E-state index < -0.39 is 0 Å². The summed E-state index contributed by atoms with van der Waals surface area (Å²) in [6, 6.07) is 17.8. The molecule has 1 amide bonds. The average Bonchev–Trinajstić information content (AvgIpc) is 2.61. The Labute approximate surface area is 144 Å². The van der Waals surface area contributed by atoms with Crippen molar-refractivity contribution in [1.82, 2.24) is 4.90 Å². The second-order valence-electron chi connectivity index (χ2n) is 5.45. The fourth-order valence-electron chi connectivity index (χ4n) is 2.65. The molecule has 0 aliphatic carbocycles. The van der Waals surface area contributed by atoms with E-state index in [1.54, 1.807) is 0 Å². The summed E-state index contributed by atoms with van der Waals surface area (Å²) >= 11 is 3.39. The summed E-state index contributed by atoms with van der Waals surface area (Å²) in [4.78, 5) is 16.4. The maximum Gasteiger partial charge on any atom is 0.260 e. The van der Waals surface area contributed by atoms with Crippen LogP contribution in [0.5, 0.6) is 5.75 Å². The van der Waals surface area contributed by atoms with Gasteiger partial charge in [0, 0.05) is 36.3 Å². The highest BCUT2D eigenvalue weighted by molar-refractivity contribution is 9.10. The summed E-state index contributed by atoms with van der Waals surface area (Å²) in [5.41, 5.74) is 1.21. The van der Waals surface area contributed by atoms with Gasteiger partial charge in [0.2, 0.25) is 0 Å². The molecule has 0 atom stereocenters. The lowest BCUT2D eigenvalue weighted by Crippen LogP contribution is -2.50. The smallest absolute Gasteiger partial charge is 0.260 e. The Morgan fingerprint density at radius 1 is 1.00 bits per heavy atom. The van der Waals surface area contributed by atoms with E-state index in [1.165, 1.54) is 5.69 Å². The van der Waals surface area contributed by atoms with Crippen molar-refractivity contribution in [2.45, 2.75) is 0 Å². The molecule has 0 saturated carbocycles. The molecule has 4 nitrogen and oxygen atoms in total. The lowest BCUT2D eigenvalue weighted by atomic mass is 10.2. The molecule has 2 aromatic rings. The summed E-state index contributed by atoms with van der Waals surface area (Å²) in [6.07, 6.45) is 0. The van der Waals surface area contributed by atoms with Gasteiger partial charge in [-0.2, -0.15) is 0 Å². The normalized spacial score (nSPS) is 14.7. The third-order valence-electron chi connectivity index (χ3n) is 3.91. The van der Waals surface area contributed by atoms with Gasteiger partial charge >= 0.3 is 0 Å². The number of hydrogen-bond acceptors (Lipinski definition) is 3. The van der Waals surface area contributed by atoms with Gasteiger partial charge in [-0.25, -0.2) is 0 Å². The molecule has 1 heterocycles. The quantitative estimate of drug-likeness (QED) is 0.823. The summed E-state index contributed by atoms with van der Waals surface area (Å²) in [6.45, 7) is 3.26. The highest BCUT2D eigenvalue weighted by atomic mass is 79.9. The first kappa shape index (κ1) is 15.9. The van der Waals surface area contributed by atoms with Gasteiger partial charge < -0.3 is 14.5 Å². The topological polar surface area (TPSA) is 32.8 Å². The molecule has 0 radical (unpaired) electrons. The van der Waals surface area contributed by atoms with Crippen molar-refractivity contribution in [2.24, 2.45) is 0 Å². The van der Waals surface area contributed by atoms with Crippen LogP contribution in [0.4, 0.5) is 5.69 Å². The van der Waals surface area contributed by atoms with Crippen LogP contribution in [0.15, 0.2) is 59.1 Å². The Bertz CT molecular complexity index is 655. The molecule has 0 aromatic heterocycles. The van der Waals surface area contributed by atoms with E-state index in [-0.39, 0.29) is 12.5 Å². The molecule has 0 unspecified atom stereocenters. The lowest BCUT2D eigenvalue weighted by molar-refractivity contribution is -0.133. The molecule has 23 heavy (non-hydrogen) atoms. The minimum atomic E-state index is 0.0395. The van der Waals surface area contributed by atoms with Gasteiger partial charge in [0.15, 0.2) is 6.61 Å². The molecule has 1 fully saturated rings. The zero-order chi connectivity index (χ0) is 16.1. The molecule has 0 spiro atoms. The van der Waals surface area contributed by atoms with Crippen LogP contribution in [0, 0.1) is 0 Å². The number of carbonyl (C=O) groups excluding carboxylic acids is 1. The van der Waals surface area contributed by atoms with E-state index in [9.17, 15) is 4.79 Å². The number of hydrogen-bond donors (Lipinski definition) is 0. The number of piperazine rings is 1. The number of rotatable bonds is 4. The van der Waals surface area contributed by atoms with Crippen LogP contribution < -0.4 is 9.64 Å². The number of para-hydroxylation sites is 1. The molecule has 0 N–H and O–H groups in total. The first-order valence-corrected chi connectivity index (χ1v) is 8.48. The summed E-state index contributed by atoms with van der Waals surface area (Å²) in [5, 5.41) is 0. The molecule has 120 valence electrons. The number of carbonyl (C=O) groups is 1. The Morgan fingerprint density at radius 3 is 2.43 bits per heavy atom. The van der Waals surface area contributed by atoms with Gasteiger partial charge in [-0.3, -0.25) is 4.79 Å². The van der Waals surface area contributed by atoms with Gasteiger partial charge in [0.1, 0.15) is 5.75 Å². The summed E-state index contributed by atoms with van der Waals surface area (Å²) in [7, 11) is 0. The van der Waals surface area contributed by atoms with Crippen molar-refractivity contribution in [1.29, 1.82) is 0 Å². The molecule has 5 heteroatoms. The fourth-order valence-corrected chi connectivity index (χ4v) is 3.02. The van der Waals surface area contributed by atoms with E-state index in [0.717, 1.165) is 30.7 Å². The third-order valence-corrected chi connectivity index (χ3v) is 4.41. The molecular formula is C18H19BrN2O2. The number of ether oxygens (including phenoxy) is 1. The van der Waals surface area contributed by atoms with Gasteiger partial charge in [0.05, 0.1) is 0 Å². The number of anilines is 1. The highest BCUT2D eigenvalue weighted by Crippen LogP contribution is 2.18. The van der Waals surface area contributed by atoms with Gasteiger partial charge in [-0.1, -0.05) is 40.2 Å². The standard InChI is InChI=1S/C18H19BrN2O2/c19-15-5-4-8-17(13-15)23-14-18(22)21-11-9-20(10-12-21)16-6-2-1-3-7-16/h1-8,13H,9-12,14H2. The van der Waals surface area contributed by atoms with Gasteiger partial charge in [-0.15, -0.1) is 0 Å². The van der Waals surface area contributed by atoms with E-state index in [1.807, 2.05) is 47.4 Å². The Balaban J connectivity index is 1.48. The molecule has 2 aromatic carbocycles. The monoisotopic (exact) mass is 374 g/mol. The molecule has 1 aliphatic heterocycles. The minimum absolute atomic E-state index is 0.0395. The molecule has 1 saturated heterocycles. The van der Waals surface area contributed by atoms with Crippen LogP contribution in [-0.4, -0.2) is 43.6 Å². The van der Waals surface area contributed by atoms with E-state index >= 15 is 0 Å². The largest absolute Gasteiger partial charge is 0.484 e. The molecule has 0 bridgehead atoms. The zero-order valence-corrected chi connectivity index (χ0v) is 14.4. The van der Waals surface area contributed by atoms with Crippen molar-refractivity contribution >= 4 is 27.5 Å². The van der Waals surface area contributed by atoms with E-state index in [0.29, 0.717) is 5.75 Å². The van der Waals surface area contributed by atoms with E-state index in [2.05, 4.69) is 33.0 Å².